The van der Waals surface area contributed by atoms with Gasteiger partial charge in [-0.3, -0.25) is 4.79 Å². The van der Waals surface area contributed by atoms with Crippen LogP contribution < -0.4 is 10.1 Å². The van der Waals surface area contributed by atoms with Crippen molar-refractivity contribution in [2.24, 2.45) is 0 Å². The molecule has 3 rings (SSSR count). The van der Waals surface area contributed by atoms with Crippen molar-refractivity contribution in [1.29, 1.82) is 0 Å². The molecule has 2 aromatic rings. The number of carbonyl (C=O) groups is 1. The molecule has 2 aromatic carbocycles. The van der Waals surface area contributed by atoms with Crippen LogP contribution in [0.1, 0.15) is 23.1 Å². The maximum atomic E-state index is 12.0. The lowest BCUT2D eigenvalue weighted by atomic mass is 9.97. The molecule has 0 heterocycles. The summed E-state index contributed by atoms with van der Waals surface area (Å²) in [4.78, 5) is 12.0. The highest BCUT2D eigenvalue weighted by molar-refractivity contribution is 5.92. The van der Waals surface area contributed by atoms with E-state index in [0.29, 0.717) is 0 Å². The first kappa shape index (κ1) is 14.4. The number of hydrogen-bond donors (Lipinski definition) is 1. The summed E-state index contributed by atoms with van der Waals surface area (Å²) in [5.74, 6) is 0.663. The molecule has 0 spiro atoms. The van der Waals surface area contributed by atoms with Gasteiger partial charge in [0.05, 0.1) is 0 Å². The number of rotatable bonds is 4. The molecule has 22 heavy (non-hydrogen) atoms. The predicted molar refractivity (Wildman–Crippen MR) is 89.1 cm³/mol. The van der Waals surface area contributed by atoms with Gasteiger partial charge in [-0.05, 0) is 49.1 Å². The number of amides is 1. The molecular weight excluding hydrogens is 274 g/mol. The van der Waals surface area contributed by atoms with Crippen molar-refractivity contribution in [2.75, 3.05) is 11.9 Å². The minimum atomic E-state index is -0.144. The van der Waals surface area contributed by atoms with Crippen LogP contribution >= 0.6 is 0 Å². The predicted octanol–water partition coefficient (Wildman–Crippen LogP) is 3.97. The number of carbonyl (C=O) groups excluding carboxylic acids is 1. The van der Waals surface area contributed by atoms with Gasteiger partial charge in [0, 0.05) is 11.3 Å². The Morgan fingerprint density at radius 3 is 2.95 bits per heavy atom. The molecule has 0 unspecified atom stereocenters. The Kier molecular flexibility index (Phi) is 4.24. The van der Waals surface area contributed by atoms with Crippen LogP contribution in [0, 0.1) is 6.92 Å². The topological polar surface area (TPSA) is 38.3 Å². The Hall–Kier alpha value is -2.55. The van der Waals surface area contributed by atoms with Gasteiger partial charge < -0.3 is 10.1 Å². The molecule has 0 radical (unpaired) electrons. The second kappa shape index (κ2) is 6.48. The number of aryl methyl sites for hydroxylation is 1. The van der Waals surface area contributed by atoms with E-state index in [1.165, 1.54) is 11.1 Å². The average molecular weight is 293 g/mol. The SMILES string of the molecule is Cc1cccc(NC(=O)COc2cccc3c2CCC=C3)c1. The van der Waals surface area contributed by atoms with Crippen LogP contribution in [0.25, 0.3) is 6.08 Å². The van der Waals surface area contributed by atoms with Gasteiger partial charge in [0.25, 0.3) is 5.91 Å². The summed E-state index contributed by atoms with van der Waals surface area (Å²) in [5, 5.41) is 2.86. The van der Waals surface area contributed by atoms with Crippen molar-refractivity contribution >= 4 is 17.7 Å². The molecule has 112 valence electrons. The molecule has 0 bridgehead atoms. The lowest BCUT2D eigenvalue weighted by Crippen LogP contribution is -2.20. The highest BCUT2D eigenvalue weighted by Crippen LogP contribution is 2.28. The maximum absolute atomic E-state index is 12.0. The largest absolute Gasteiger partial charge is 0.483 e. The van der Waals surface area contributed by atoms with E-state index in [1.54, 1.807) is 0 Å². The first-order chi connectivity index (χ1) is 10.7. The van der Waals surface area contributed by atoms with Gasteiger partial charge in [0.1, 0.15) is 5.75 Å². The van der Waals surface area contributed by atoms with Gasteiger partial charge in [-0.15, -0.1) is 0 Å². The van der Waals surface area contributed by atoms with E-state index < -0.39 is 0 Å². The van der Waals surface area contributed by atoms with Crippen molar-refractivity contribution in [3.05, 3.63) is 65.2 Å². The number of benzene rings is 2. The second-order valence-electron chi connectivity index (χ2n) is 5.47. The van der Waals surface area contributed by atoms with Crippen LogP contribution in [0.15, 0.2) is 48.5 Å². The van der Waals surface area contributed by atoms with Crippen molar-refractivity contribution in [2.45, 2.75) is 19.8 Å². The molecule has 0 saturated carbocycles. The van der Waals surface area contributed by atoms with Gasteiger partial charge in [-0.25, -0.2) is 0 Å². The smallest absolute Gasteiger partial charge is 0.262 e. The third-order valence-electron chi connectivity index (χ3n) is 3.69. The highest BCUT2D eigenvalue weighted by atomic mass is 16.5. The lowest BCUT2D eigenvalue weighted by molar-refractivity contribution is -0.118. The van der Waals surface area contributed by atoms with E-state index in [9.17, 15) is 4.79 Å². The standard InChI is InChI=1S/C19H19NO2/c1-14-6-4-9-16(12-14)20-19(21)13-22-18-11-5-8-15-7-2-3-10-17(15)18/h2,4-9,11-12H,3,10,13H2,1H3,(H,20,21). The molecule has 1 N–H and O–H groups in total. The minimum absolute atomic E-state index is 0.0219. The quantitative estimate of drug-likeness (QED) is 0.926. The summed E-state index contributed by atoms with van der Waals surface area (Å²) in [6.07, 6.45) is 6.25. The third kappa shape index (κ3) is 3.37. The minimum Gasteiger partial charge on any atom is -0.483 e. The number of hydrogen-bond acceptors (Lipinski definition) is 2. The fourth-order valence-electron chi connectivity index (χ4n) is 2.64. The van der Waals surface area contributed by atoms with Crippen LogP contribution in [0.5, 0.6) is 5.75 Å². The molecule has 0 aromatic heterocycles. The van der Waals surface area contributed by atoms with Crippen molar-refractivity contribution < 1.29 is 9.53 Å². The summed E-state index contributed by atoms with van der Waals surface area (Å²) in [5.41, 5.74) is 4.28. The average Bonchev–Trinajstić information content (AvgIpc) is 2.53. The molecule has 1 aliphatic carbocycles. The molecule has 1 amide bonds. The monoisotopic (exact) mass is 293 g/mol. The van der Waals surface area contributed by atoms with Crippen molar-refractivity contribution in [1.82, 2.24) is 0 Å². The van der Waals surface area contributed by atoms with Gasteiger partial charge in [-0.1, -0.05) is 36.4 Å². The van der Waals surface area contributed by atoms with Gasteiger partial charge in [0.15, 0.2) is 6.61 Å². The van der Waals surface area contributed by atoms with E-state index in [1.807, 2.05) is 43.3 Å². The number of fused-ring (bicyclic) bond motifs is 1. The zero-order valence-corrected chi connectivity index (χ0v) is 12.6. The van der Waals surface area contributed by atoms with Gasteiger partial charge >= 0.3 is 0 Å². The summed E-state index contributed by atoms with van der Waals surface area (Å²) >= 11 is 0. The van der Waals surface area contributed by atoms with Crippen LogP contribution in [-0.2, 0) is 11.2 Å². The van der Waals surface area contributed by atoms with Crippen LogP contribution in [0.4, 0.5) is 5.69 Å². The Bertz CT molecular complexity index is 719. The van der Waals surface area contributed by atoms with Gasteiger partial charge in [0.2, 0.25) is 0 Å². The Morgan fingerprint density at radius 1 is 1.23 bits per heavy atom. The van der Waals surface area contributed by atoms with Crippen LogP contribution in [0.2, 0.25) is 0 Å². The lowest BCUT2D eigenvalue weighted by Gasteiger charge is -2.16. The number of ether oxygens (including phenoxy) is 1. The van der Waals surface area contributed by atoms with E-state index in [-0.39, 0.29) is 12.5 Å². The molecule has 3 heteroatoms. The normalized spacial score (nSPS) is 12.6. The van der Waals surface area contributed by atoms with Crippen molar-refractivity contribution in [3.8, 4) is 5.75 Å². The number of allylic oxidation sites excluding steroid dienone is 1. The van der Waals surface area contributed by atoms with Crippen LogP contribution in [-0.4, -0.2) is 12.5 Å². The highest BCUT2D eigenvalue weighted by Gasteiger charge is 2.12. The first-order valence-corrected chi connectivity index (χ1v) is 7.50. The maximum Gasteiger partial charge on any atom is 0.262 e. The molecule has 0 aliphatic heterocycles. The Labute approximate surface area is 130 Å². The number of nitrogens with one attached hydrogen (secondary N) is 1. The number of anilines is 1. The van der Waals surface area contributed by atoms with Gasteiger partial charge in [-0.2, -0.15) is 0 Å². The molecule has 3 nitrogen and oxygen atoms in total. The third-order valence-corrected chi connectivity index (χ3v) is 3.69. The first-order valence-electron chi connectivity index (χ1n) is 7.50. The Morgan fingerprint density at radius 2 is 2.09 bits per heavy atom. The summed E-state index contributed by atoms with van der Waals surface area (Å²) in [6.45, 7) is 2.02. The summed E-state index contributed by atoms with van der Waals surface area (Å²) < 4.78 is 5.72. The van der Waals surface area contributed by atoms with E-state index in [0.717, 1.165) is 29.8 Å². The van der Waals surface area contributed by atoms with E-state index >= 15 is 0 Å². The molecule has 0 saturated heterocycles. The molecule has 1 aliphatic rings. The van der Waals surface area contributed by atoms with Crippen LogP contribution in [0.3, 0.4) is 0 Å². The zero-order valence-electron chi connectivity index (χ0n) is 12.6. The molecule has 0 fully saturated rings. The zero-order chi connectivity index (χ0) is 15.4. The van der Waals surface area contributed by atoms with E-state index in [4.69, 9.17) is 4.74 Å². The van der Waals surface area contributed by atoms with E-state index in [2.05, 4.69) is 23.5 Å². The second-order valence-corrected chi connectivity index (χ2v) is 5.47. The van der Waals surface area contributed by atoms with Crippen molar-refractivity contribution in [3.63, 3.8) is 0 Å². The Balaban J connectivity index is 1.63. The fraction of sp³-hybridized carbons (Fsp3) is 0.211. The summed E-state index contributed by atoms with van der Waals surface area (Å²) in [6, 6.07) is 13.7. The summed E-state index contributed by atoms with van der Waals surface area (Å²) in [7, 11) is 0. The fourth-order valence-corrected chi connectivity index (χ4v) is 2.64. The molecule has 0 atom stereocenters. The molecular formula is C19H19NO2.